The van der Waals surface area contributed by atoms with Crippen LogP contribution in [-0.2, 0) is 22.2 Å². The number of aromatic amines is 1. The van der Waals surface area contributed by atoms with E-state index < -0.39 is 36.1 Å². The van der Waals surface area contributed by atoms with E-state index in [-0.39, 0.29) is 33.6 Å². The second kappa shape index (κ2) is 10.3. The molecular weight excluding hydrogens is 521 g/mol. The molecule has 0 saturated heterocycles. The second-order valence-electron chi connectivity index (χ2n) is 7.91. The molecule has 0 radical (unpaired) electrons. The number of hydrogen-bond donors (Lipinski definition) is 4. The number of hydrogen-bond acceptors (Lipinski definition) is 6. The van der Waals surface area contributed by atoms with E-state index >= 15 is 0 Å². The van der Waals surface area contributed by atoms with Crippen LogP contribution < -0.4 is 5.32 Å². The first-order valence-electron chi connectivity index (χ1n) is 10.5. The predicted molar refractivity (Wildman–Crippen MR) is 129 cm³/mol. The van der Waals surface area contributed by atoms with Crippen LogP contribution in [0.5, 0.6) is 0 Å². The molecule has 0 spiro atoms. The molecule has 4 N–H and O–H groups in total. The number of benzene rings is 2. The maximum absolute atomic E-state index is 13.8. The van der Waals surface area contributed by atoms with E-state index in [1.54, 1.807) is 24.4 Å². The molecule has 1 unspecified atom stereocenters. The number of carbonyl (C=O) groups excluding carboxylic acids is 1. The number of amidine groups is 1. The third-order valence-electron chi connectivity index (χ3n) is 5.30. The highest BCUT2D eigenvalue weighted by atomic mass is 35.5. The number of halogens is 4. The van der Waals surface area contributed by atoms with Crippen LogP contribution in [0.2, 0.25) is 5.02 Å². The van der Waals surface area contributed by atoms with E-state index in [2.05, 4.69) is 20.5 Å². The molecule has 0 aliphatic carbocycles. The van der Waals surface area contributed by atoms with Crippen LogP contribution in [0, 0.1) is 0 Å². The number of amides is 1. The monoisotopic (exact) mass is 538 g/mol. The third-order valence-corrected chi connectivity index (χ3v) is 6.59. The first kappa shape index (κ1) is 25.7. The van der Waals surface area contributed by atoms with Crippen molar-refractivity contribution in [2.75, 3.05) is 6.54 Å². The molecule has 4 rings (SSSR count). The normalized spacial score (nSPS) is 16.2. The number of alkyl halides is 3. The summed E-state index contributed by atoms with van der Waals surface area (Å²) in [6, 6.07) is 8.55. The van der Waals surface area contributed by atoms with E-state index in [1.807, 2.05) is 0 Å². The summed E-state index contributed by atoms with van der Waals surface area (Å²) in [5, 5.41) is 28.8. The van der Waals surface area contributed by atoms with Crippen LogP contribution >= 0.6 is 23.4 Å². The van der Waals surface area contributed by atoms with Crippen LogP contribution in [0.3, 0.4) is 0 Å². The minimum absolute atomic E-state index is 0.0684. The maximum atomic E-state index is 13.8. The summed E-state index contributed by atoms with van der Waals surface area (Å²) in [6.07, 6.45) is -5.08. The molecule has 3 aromatic rings. The van der Waals surface area contributed by atoms with Crippen molar-refractivity contribution in [1.29, 1.82) is 0 Å². The molecule has 1 atom stereocenters. The number of nitrogens with one attached hydrogen (secondary N) is 2. The Morgan fingerprint density at radius 2 is 2.00 bits per heavy atom. The first-order chi connectivity index (χ1) is 17.0. The van der Waals surface area contributed by atoms with Crippen LogP contribution in [0.4, 0.5) is 13.2 Å². The highest BCUT2D eigenvalue weighted by molar-refractivity contribution is 8.18. The quantitative estimate of drug-likeness (QED) is 0.331. The summed E-state index contributed by atoms with van der Waals surface area (Å²) < 4.78 is 41.3. The van der Waals surface area contributed by atoms with Gasteiger partial charge in [0.2, 0.25) is 0 Å². The standard InChI is InChI=1S/C23H18ClF3N4O4S/c24-14-3-1-12(17(7-14)23(25,26)27)6-16(11-2-4-18-13(5-11)9-29-31-18)20-21(35)30-22(36-20)28-10-15(32)8-19(33)34/h1-5,7,9,15,32H,6,8,10H2,(H,29,31)(H,33,34)(H,28,30,35). The van der Waals surface area contributed by atoms with Gasteiger partial charge >= 0.3 is 12.1 Å². The number of aromatic nitrogens is 2. The number of aliphatic carboxylic acids is 1. The van der Waals surface area contributed by atoms with E-state index in [0.29, 0.717) is 22.0 Å². The SMILES string of the molecule is O=C(O)CC(O)CNC1=NC(=O)C(=C(Cc2ccc(Cl)cc2C(F)(F)F)c2ccc3[nH]ncc3c2)S1. The predicted octanol–water partition coefficient (Wildman–Crippen LogP) is 4.24. The molecule has 1 amide bonds. The maximum Gasteiger partial charge on any atom is 0.416 e. The summed E-state index contributed by atoms with van der Waals surface area (Å²) in [7, 11) is 0. The number of allylic oxidation sites excluding steroid dienone is 1. The molecule has 0 saturated carbocycles. The van der Waals surface area contributed by atoms with E-state index in [9.17, 15) is 27.9 Å². The summed E-state index contributed by atoms with van der Waals surface area (Å²) in [5.41, 5.74) is 0.539. The van der Waals surface area contributed by atoms with Crippen molar-refractivity contribution in [3.05, 3.63) is 69.2 Å². The Morgan fingerprint density at radius 3 is 2.72 bits per heavy atom. The van der Waals surface area contributed by atoms with Crippen molar-refractivity contribution < 1.29 is 33.0 Å². The highest BCUT2D eigenvalue weighted by Crippen LogP contribution is 2.40. The molecule has 0 fully saturated rings. The molecule has 13 heteroatoms. The molecule has 2 heterocycles. The molecule has 36 heavy (non-hydrogen) atoms. The topological polar surface area (TPSA) is 128 Å². The first-order valence-corrected chi connectivity index (χ1v) is 11.7. The number of aliphatic hydroxyl groups excluding tert-OH is 1. The molecule has 1 aliphatic heterocycles. The van der Waals surface area contributed by atoms with Gasteiger partial charge in [-0.3, -0.25) is 14.7 Å². The molecule has 0 bridgehead atoms. The zero-order chi connectivity index (χ0) is 26.0. The Balaban J connectivity index is 1.72. The Morgan fingerprint density at radius 1 is 1.22 bits per heavy atom. The Bertz CT molecular complexity index is 1400. The second-order valence-corrected chi connectivity index (χ2v) is 9.35. The highest BCUT2D eigenvalue weighted by Gasteiger charge is 2.35. The van der Waals surface area contributed by atoms with Gasteiger partial charge in [0, 0.05) is 17.0 Å². The van der Waals surface area contributed by atoms with Gasteiger partial charge in [-0.25, -0.2) is 0 Å². The summed E-state index contributed by atoms with van der Waals surface area (Å²) in [4.78, 5) is 27.6. The molecule has 2 aromatic carbocycles. The molecule has 1 aromatic heterocycles. The third kappa shape index (κ3) is 5.89. The van der Waals surface area contributed by atoms with E-state index in [0.717, 1.165) is 17.8 Å². The van der Waals surface area contributed by atoms with Crippen LogP contribution in [-0.4, -0.2) is 50.1 Å². The lowest BCUT2D eigenvalue weighted by atomic mass is 9.93. The van der Waals surface area contributed by atoms with Crippen LogP contribution in [0.25, 0.3) is 16.5 Å². The average molecular weight is 539 g/mol. The zero-order valence-corrected chi connectivity index (χ0v) is 19.8. The number of aliphatic hydroxyl groups is 1. The fraction of sp³-hybridized carbons (Fsp3) is 0.217. The van der Waals surface area contributed by atoms with Crippen molar-refractivity contribution in [1.82, 2.24) is 15.5 Å². The van der Waals surface area contributed by atoms with Crippen LogP contribution in [0.15, 0.2) is 52.5 Å². The number of fused-ring (bicyclic) bond motifs is 1. The lowest BCUT2D eigenvalue weighted by molar-refractivity contribution is -0.139. The molecule has 188 valence electrons. The molecule has 8 nitrogen and oxygen atoms in total. The van der Waals surface area contributed by atoms with Gasteiger partial charge in [0.1, 0.15) is 0 Å². The Hall–Kier alpha value is -3.35. The lowest BCUT2D eigenvalue weighted by Gasteiger charge is -2.17. The summed E-state index contributed by atoms with van der Waals surface area (Å²) in [6.45, 7) is -0.176. The number of H-pyrrole nitrogens is 1. The van der Waals surface area contributed by atoms with Gasteiger partial charge in [-0.2, -0.15) is 23.3 Å². The van der Waals surface area contributed by atoms with Gasteiger partial charge in [-0.05, 0) is 59.1 Å². The number of carbonyl (C=O) groups is 2. The van der Waals surface area contributed by atoms with Gasteiger partial charge in [0.15, 0.2) is 5.17 Å². The van der Waals surface area contributed by atoms with Gasteiger partial charge in [-0.15, -0.1) is 0 Å². The lowest BCUT2D eigenvalue weighted by Crippen LogP contribution is -2.31. The molecule has 1 aliphatic rings. The van der Waals surface area contributed by atoms with Crippen molar-refractivity contribution in [3.8, 4) is 0 Å². The number of nitrogens with zero attached hydrogens (tertiary/aromatic N) is 2. The number of thioether (sulfide) groups is 1. The Kier molecular flexibility index (Phi) is 7.38. The number of aliphatic imine (C=N–C) groups is 1. The molecular formula is C23H18ClF3N4O4S. The number of carboxylic acids is 1. The van der Waals surface area contributed by atoms with Crippen molar-refractivity contribution in [3.63, 3.8) is 0 Å². The van der Waals surface area contributed by atoms with Gasteiger partial charge < -0.3 is 15.5 Å². The zero-order valence-electron chi connectivity index (χ0n) is 18.3. The average Bonchev–Trinajstić information content (AvgIpc) is 3.41. The fourth-order valence-electron chi connectivity index (χ4n) is 3.65. The van der Waals surface area contributed by atoms with Gasteiger partial charge in [0.25, 0.3) is 5.91 Å². The minimum Gasteiger partial charge on any atom is -0.481 e. The van der Waals surface area contributed by atoms with E-state index in [1.165, 1.54) is 12.1 Å². The van der Waals surface area contributed by atoms with E-state index in [4.69, 9.17) is 16.7 Å². The largest absolute Gasteiger partial charge is 0.481 e. The summed E-state index contributed by atoms with van der Waals surface area (Å²) in [5.74, 6) is -1.86. The number of rotatable bonds is 7. The van der Waals surface area contributed by atoms with Crippen molar-refractivity contribution >= 4 is 56.9 Å². The van der Waals surface area contributed by atoms with Crippen molar-refractivity contribution in [2.45, 2.75) is 25.1 Å². The smallest absolute Gasteiger partial charge is 0.416 e. The van der Waals surface area contributed by atoms with Crippen molar-refractivity contribution in [2.24, 2.45) is 4.99 Å². The fourth-order valence-corrected chi connectivity index (χ4v) is 4.75. The Labute approximate surface area is 211 Å². The summed E-state index contributed by atoms with van der Waals surface area (Å²) >= 11 is 6.73. The van der Waals surface area contributed by atoms with Gasteiger partial charge in [0.05, 0.1) is 34.7 Å². The minimum atomic E-state index is -4.67. The van der Waals surface area contributed by atoms with Gasteiger partial charge in [-0.1, -0.05) is 23.7 Å². The van der Waals surface area contributed by atoms with Crippen LogP contribution in [0.1, 0.15) is 23.1 Å². The number of carboxylic acid groups (broad SMARTS) is 1.